The van der Waals surface area contributed by atoms with Crippen LogP contribution in [0.3, 0.4) is 0 Å². The highest BCUT2D eigenvalue weighted by molar-refractivity contribution is 7.09. The third-order valence-corrected chi connectivity index (χ3v) is 3.89. The third kappa shape index (κ3) is 1.63. The minimum Gasteiger partial charge on any atom is -0.374 e. The summed E-state index contributed by atoms with van der Waals surface area (Å²) < 4.78 is 10.2. The lowest BCUT2D eigenvalue weighted by Crippen LogP contribution is -2.15. The van der Waals surface area contributed by atoms with Gasteiger partial charge in [0.25, 0.3) is 0 Å². The highest BCUT2D eigenvalue weighted by Gasteiger charge is 2.43. The van der Waals surface area contributed by atoms with Gasteiger partial charge >= 0.3 is 0 Å². The Bertz CT molecular complexity index is 354. The van der Waals surface area contributed by atoms with Crippen molar-refractivity contribution in [3.8, 4) is 0 Å². The maximum atomic E-state index is 5.81. The van der Waals surface area contributed by atoms with Crippen molar-refractivity contribution in [2.24, 2.45) is 0 Å². The molecular weight excluding hydrogens is 210 g/mol. The molecular formula is C10H15N3OS. The molecule has 2 fully saturated rings. The molecule has 3 atom stereocenters. The predicted molar refractivity (Wildman–Crippen MR) is 59.3 cm³/mol. The zero-order valence-corrected chi connectivity index (χ0v) is 9.59. The zero-order valence-electron chi connectivity index (χ0n) is 8.77. The van der Waals surface area contributed by atoms with Crippen molar-refractivity contribution in [1.82, 2.24) is 9.36 Å². The molecule has 82 valence electrons. The van der Waals surface area contributed by atoms with Gasteiger partial charge < -0.3 is 10.1 Å². The van der Waals surface area contributed by atoms with E-state index in [0.717, 1.165) is 23.9 Å². The highest BCUT2D eigenvalue weighted by Crippen LogP contribution is 2.43. The molecule has 5 heteroatoms. The van der Waals surface area contributed by atoms with Crippen molar-refractivity contribution in [2.45, 2.75) is 44.3 Å². The number of anilines is 1. The van der Waals surface area contributed by atoms with E-state index in [0.29, 0.717) is 18.1 Å². The second-order valence-electron chi connectivity index (χ2n) is 4.20. The van der Waals surface area contributed by atoms with E-state index in [1.54, 1.807) is 0 Å². The fraction of sp³-hybridized carbons (Fsp3) is 0.800. The van der Waals surface area contributed by atoms with E-state index < -0.39 is 0 Å². The van der Waals surface area contributed by atoms with Crippen molar-refractivity contribution in [3.63, 3.8) is 0 Å². The Morgan fingerprint density at radius 3 is 3.13 bits per heavy atom. The highest BCUT2D eigenvalue weighted by atomic mass is 32.1. The number of hydrogen-bond acceptors (Lipinski definition) is 5. The van der Waals surface area contributed by atoms with Crippen LogP contribution in [0.4, 0.5) is 5.13 Å². The maximum Gasteiger partial charge on any atom is 0.202 e. The first-order valence-electron chi connectivity index (χ1n) is 5.59. The normalized spacial score (nSPS) is 33.5. The first-order chi connectivity index (χ1) is 7.36. The molecule has 1 N–H and O–H groups in total. The van der Waals surface area contributed by atoms with Gasteiger partial charge in [0.2, 0.25) is 5.13 Å². The van der Waals surface area contributed by atoms with Crippen LogP contribution in [0.2, 0.25) is 0 Å². The quantitative estimate of drug-likeness (QED) is 0.854. The molecule has 3 heterocycles. The van der Waals surface area contributed by atoms with E-state index in [4.69, 9.17) is 4.74 Å². The van der Waals surface area contributed by atoms with E-state index in [1.165, 1.54) is 24.4 Å². The molecule has 4 nitrogen and oxygen atoms in total. The Hall–Kier alpha value is -0.680. The second-order valence-corrected chi connectivity index (χ2v) is 4.96. The average molecular weight is 225 g/mol. The van der Waals surface area contributed by atoms with Crippen LogP contribution in [0, 0.1) is 0 Å². The van der Waals surface area contributed by atoms with Crippen LogP contribution in [-0.4, -0.2) is 28.1 Å². The van der Waals surface area contributed by atoms with Crippen LogP contribution in [0.25, 0.3) is 0 Å². The van der Waals surface area contributed by atoms with Gasteiger partial charge in [-0.3, -0.25) is 0 Å². The summed E-state index contributed by atoms with van der Waals surface area (Å²) in [6.07, 6.45) is 4.40. The number of hydrogen-bond donors (Lipinski definition) is 1. The molecule has 0 amide bonds. The van der Waals surface area contributed by atoms with Gasteiger partial charge in [-0.2, -0.15) is 4.37 Å². The number of ether oxygens (including phenoxy) is 1. The van der Waals surface area contributed by atoms with E-state index in [-0.39, 0.29) is 0 Å². The topological polar surface area (TPSA) is 47.0 Å². The smallest absolute Gasteiger partial charge is 0.202 e. The molecule has 0 aromatic carbocycles. The van der Waals surface area contributed by atoms with Gasteiger partial charge in [0, 0.05) is 24.0 Å². The van der Waals surface area contributed by atoms with Gasteiger partial charge in [0.05, 0.1) is 12.2 Å². The van der Waals surface area contributed by atoms with Crippen LogP contribution >= 0.6 is 11.5 Å². The molecule has 15 heavy (non-hydrogen) atoms. The van der Waals surface area contributed by atoms with E-state index in [9.17, 15) is 0 Å². The van der Waals surface area contributed by atoms with E-state index in [2.05, 4.69) is 21.6 Å². The Kier molecular flexibility index (Phi) is 2.36. The van der Waals surface area contributed by atoms with E-state index >= 15 is 0 Å². The first kappa shape index (κ1) is 9.54. The minimum absolute atomic E-state index is 0.388. The summed E-state index contributed by atoms with van der Waals surface area (Å²) in [6.45, 7) is 2.98. The number of fused-ring (bicyclic) bond motifs is 2. The fourth-order valence-corrected chi connectivity index (χ4v) is 3.22. The number of nitrogens with zero attached hydrogens (tertiary/aromatic N) is 2. The van der Waals surface area contributed by atoms with Crippen LogP contribution in [0.15, 0.2) is 0 Å². The number of aromatic nitrogens is 2. The Balaban J connectivity index is 1.75. The predicted octanol–water partition coefficient (Wildman–Crippen LogP) is 2.00. The van der Waals surface area contributed by atoms with Crippen molar-refractivity contribution in [1.29, 1.82) is 0 Å². The standard InChI is InChI=1S/C10H15N3OS/c1-2-11-10-12-9(13-15-10)7-5-6-3-4-8(7)14-6/h6-8H,2-5H2,1H3,(H,11,12,13). The minimum atomic E-state index is 0.388. The lowest BCUT2D eigenvalue weighted by molar-refractivity contribution is 0.1000. The molecule has 0 saturated carbocycles. The Morgan fingerprint density at radius 1 is 1.53 bits per heavy atom. The van der Waals surface area contributed by atoms with Crippen molar-refractivity contribution in [3.05, 3.63) is 5.82 Å². The molecule has 2 bridgehead atoms. The van der Waals surface area contributed by atoms with Gasteiger partial charge in [0.1, 0.15) is 5.82 Å². The maximum absolute atomic E-state index is 5.81. The van der Waals surface area contributed by atoms with Crippen LogP contribution in [0.5, 0.6) is 0 Å². The van der Waals surface area contributed by atoms with Crippen LogP contribution < -0.4 is 5.32 Å². The van der Waals surface area contributed by atoms with Crippen molar-refractivity contribution < 1.29 is 4.74 Å². The molecule has 1 aromatic heterocycles. The van der Waals surface area contributed by atoms with Crippen LogP contribution in [0.1, 0.15) is 37.9 Å². The van der Waals surface area contributed by atoms with Crippen molar-refractivity contribution >= 4 is 16.7 Å². The number of rotatable bonds is 3. The summed E-state index contributed by atoms with van der Waals surface area (Å²) in [5.74, 6) is 1.44. The molecule has 3 rings (SSSR count). The summed E-state index contributed by atoms with van der Waals surface area (Å²) in [4.78, 5) is 4.52. The van der Waals surface area contributed by atoms with Crippen molar-refractivity contribution in [2.75, 3.05) is 11.9 Å². The molecule has 3 unspecified atom stereocenters. The zero-order chi connectivity index (χ0) is 10.3. The average Bonchev–Trinajstić information content (AvgIpc) is 2.91. The van der Waals surface area contributed by atoms with Crippen LogP contribution in [-0.2, 0) is 4.74 Å². The summed E-state index contributed by atoms with van der Waals surface area (Å²) in [5, 5.41) is 4.14. The summed E-state index contributed by atoms with van der Waals surface area (Å²) in [5.41, 5.74) is 0. The molecule has 0 radical (unpaired) electrons. The molecule has 2 aliphatic rings. The van der Waals surface area contributed by atoms with Gasteiger partial charge in [-0.25, -0.2) is 4.98 Å². The second kappa shape index (κ2) is 3.72. The Morgan fingerprint density at radius 2 is 2.47 bits per heavy atom. The van der Waals surface area contributed by atoms with Gasteiger partial charge in [0.15, 0.2) is 0 Å². The molecule has 1 aromatic rings. The lowest BCUT2D eigenvalue weighted by Gasteiger charge is -2.14. The molecule has 2 aliphatic heterocycles. The summed E-state index contributed by atoms with van der Waals surface area (Å²) in [7, 11) is 0. The van der Waals surface area contributed by atoms with E-state index in [1.807, 2.05) is 0 Å². The lowest BCUT2D eigenvalue weighted by atomic mass is 9.89. The molecule has 2 saturated heterocycles. The van der Waals surface area contributed by atoms with Gasteiger partial charge in [-0.1, -0.05) is 0 Å². The molecule has 0 aliphatic carbocycles. The largest absolute Gasteiger partial charge is 0.374 e. The number of nitrogens with one attached hydrogen (secondary N) is 1. The third-order valence-electron chi connectivity index (χ3n) is 3.21. The molecule has 0 spiro atoms. The van der Waals surface area contributed by atoms with Gasteiger partial charge in [-0.15, -0.1) is 0 Å². The fourth-order valence-electron chi connectivity index (χ4n) is 2.52. The monoisotopic (exact) mass is 225 g/mol. The SMILES string of the molecule is CCNc1nc(C2CC3CCC2O3)ns1. The summed E-state index contributed by atoms with van der Waals surface area (Å²) in [6, 6.07) is 0. The first-order valence-corrected chi connectivity index (χ1v) is 6.37. The van der Waals surface area contributed by atoms with Gasteiger partial charge in [-0.05, 0) is 26.2 Å². The summed E-state index contributed by atoms with van der Waals surface area (Å²) >= 11 is 1.46. The Labute approximate surface area is 93.2 Å².